The molecule has 11 heteroatoms. The van der Waals surface area contributed by atoms with Gasteiger partial charge in [-0.1, -0.05) is 142 Å². The number of hydrogen-bond donors (Lipinski definition) is 1. The summed E-state index contributed by atoms with van der Waals surface area (Å²) in [5.74, 6) is -1.09. The second kappa shape index (κ2) is 40.7. The third-order valence-corrected chi connectivity index (χ3v) is 9.85. The van der Waals surface area contributed by atoms with Gasteiger partial charge in [0, 0.05) is 12.8 Å². The van der Waals surface area contributed by atoms with E-state index in [4.69, 9.17) is 18.5 Å². The molecule has 1 N–H and O–H groups in total. The van der Waals surface area contributed by atoms with E-state index in [1.165, 1.54) is 19.3 Å². The van der Waals surface area contributed by atoms with Crippen LogP contribution in [0.2, 0.25) is 0 Å². The number of rotatable bonds is 39. The molecule has 0 rings (SSSR count). The van der Waals surface area contributed by atoms with E-state index in [0.29, 0.717) is 30.3 Å². The summed E-state index contributed by atoms with van der Waals surface area (Å²) < 4.78 is 33.7. The van der Waals surface area contributed by atoms with Crippen LogP contribution in [0.5, 0.6) is 0 Å². The Morgan fingerprint density at radius 3 is 1.70 bits per heavy atom. The molecule has 0 amide bonds. The van der Waals surface area contributed by atoms with Crippen molar-refractivity contribution in [1.29, 1.82) is 0 Å². The summed E-state index contributed by atoms with van der Waals surface area (Å²) in [7, 11) is 1.02. The highest BCUT2D eigenvalue weighted by atomic mass is 31.2. The van der Waals surface area contributed by atoms with Gasteiger partial charge in [-0.25, -0.2) is 0 Å². The minimum Gasteiger partial charge on any atom is -0.756 e. The topological polar surface area (TPSA) is 131 Å². The first-order valence-electron chi connectivity index (χ1n) is 22.7. The number of phosphoric ester groups is 1. The zero-order chi connectivity index (χ0) is 45.1. The van der Waals surface area contributed by atoms with Crippen LogP contribution in [0.1, 0.15) is 136 Å². The normalized spacial score (nSPS) is 15.1. The van der Waals surface area contributed by atoms with Crippen molar-refractivity contribution in [1.82, 2.24) is 0 Å². The molecular formula is C50H82NO9P. The highest BCUT2D eigenvalue weighted by Gasteiger charge is 2.21. The van der Waals surface area contributed by atoms with Crippen LogP contribution in [0.15, 0.2) is 109 Å². The number of allylic oxidation sites excluding steroid dienone is 17. The van der Waals surface area contributed by atoms with Crippen molar-refractivity contribution in [3.05, 3.63) is 109 Å². The van der Waals surface area contributed by atoms with Gasteiger partial charge in [0.05, 0.1) is 33.9 Å². The van der Waals surface area contributed by atoms with Crippen LogP contribution in [0.4, 0.5) is 0 Å². The smallest absolute Gasteiger partial charge is 0.306 e. The maximum Gasteiger partial charge on any atom is 0.306 e. The average Bonchev–Trinajstić information content (AvgIpc) is 3.21. The second-order valence-corrected chi connectivity index (χ2v) is 17.3. The van der Waals surface area contributed by atoms with Crippen LogP contribution in [-0.4, -0.2) is 81.2 Å². The summed E-state index contributed by atoms with van der Waals surface area (Å²) in [5.41, 5.74) is 0. The zero-order valence-electron chi connectivity index (χ0n) is 38.4. The Labute approximate surface area is 370 Å². The summed E-state index contributed by atoms with van der Waals surface area (Å²) in [5, 5.41) is 10.3. The lowest BCUT2D eigenvalue weighted by Gasteiger charge is -2.28. The van der Waals surface area contributed by atoms with Gasteiger partial charge < -0.3 is 33.0 Å². The van der Waals surface area contributed by atoms with E-state index in [1.54, 1.807) is 12.2 Å². The molecule has 346 valence electrons. The highest BCUT2D eigenvalue weighted by Crippen LogP contribution is 2.38. The summed E-state index contributed by atoms with van der Waals surface area (Å²) in [4.78, 5) is 37.6. The van der Waals surface area contributed by atoms with E-state index in [9.17, 15) is 24.2 Å². The maximum atomic E-state index is 12.7. The first kappa shape index (κ1) is 57.6. The Bertz CT molecular complexity index is 1420. The standard InChI is InChI=1S/C50H82NO9P/c1-6-8-10-12-14-16-18-20-21-22-23-24-25-27-29-31-33-35-37-41-50(54)60-48(46-59-61(55,56)58-44-43-51(3,4)5)45-57-49(53)42-38-40-47(52)39-36-34-32-30-28-26-19-17-15-13-11-9-7-2/h8,10,14-17,20-21,23-24,26-29,32,34,36,39,47-48,52H,6-7,9,11-13,18-19,22,25,30-31,33,35,37-38,40-46H2,1-5H3/b10-8-,16-14-,17-15-,21-20-,24-23-,28-26-,29-27-,34-32-,39-36+/t47-,48-/m1/s1. The Morgan fingerprint density at radius 1 is 0.623 bits per heavy atom. The lowest BCUT2D eigenvalue weighted by atomic mass is 10.1. The van der Waals surface area contributed by atoms with Gasteiger partial charge in [0.2, 0.25) is 0 Å². The summed E-state index contributed by atoms with van der Waals surface area (Å²) in [6.45, 7) is 3.79. The van der Waals surface area contributed by atoms with E-state index in [2.05, 4.69) is 98.9 Å². The molecule has 0 spiro atoms. The first-order chi connectivity index (χ1) is 29.4. The second-order valence-electron chi connectivity index (χ2n) is 15.9. The third kappa shape index (κ3) is 44.5. The summed E-state index contributed by atoms with van der Waals surface area (Å²) in [6.07, 6.45) is 51.5. The number of nitrogens with zero attached hydrogens (tertiary/aromatic N) is 1. The van der Waals surface area contributed by atoms with Gasteiger partial charge in [-0.15, -0.1) is 0 Å². The number of carbonyl (C=O) groups excluding carboxylic acids is 2. The molecule has 0 aliphatic rings. The van der Waals surface area contributed by atoms with Crippen LogP contribution < -0.4 is 4.89 Å². The van der Waals surface area contributed by atoms with Gasteiger partial charge in [-0.05, 0) is 89.9 Å². The molecule has 0 aromatic rings. The van der Waals surface area contributed by atoms with Gasteiger partial charge in [-0.2, -0.15) is 0 Å². The van der Waals surface area contributed by atoms with E-state index in [1.807, 2.05) is 33.3 Å². The molecule has 1 unspecified atom stereocenters. The molecule has 61 heavy (non-hydrogen) atoms. The molecule has 0 aromatic carbocycles. The molecule has 0 radical (unpaired) electrons. The van der Waals surface area contributed by atoms with E-state index in [0.717, 1.165) is 70.6 Å². The van der Waals surface area contributed by atoms with Crippen molar-refractivity contribution >= 4 is 19.8 Å². The van der Waals surface area contributed by atoms with Gasteiger partial charge in [0.1, 0.15) is 19.8 Å². The van der Waals surface area contributed by atoms with Crippen molar-refractivity contribution in [2.45, 2.75) is 148 Å². The lowest BCUT2D eigenvalue weighted by Crippen LogP contribution is -2.37. The highest BCUT2D eigenvalue weighted by molar-refractivity contribution is 7.45. The fourth-order valence-corrected chi connectivity index (χ4v) is 6.04. The van der Waals surface area contributed by atoms with Gasteiger partial charge >= 0.3 is 11.9 Å². The molecule has 3 atom stereocenters. The van der Waals surface area contributed by atoms with Crippen LogP contribution in [0.25, 0.3) is 0 Å². The lowest BCUT2D eigenvalue weighted by molar-refractivity contribution is -0.870. The van der Waals surface area contributed by atoms with E-state index in [-0.39, 0.29) is 26.1 Å². The number of quaternary nitrogens is 1. The van der Waals surface area contributed by atoms with Crippen LogP contribution in [0.3, 0.4) is 0 Å². The molecule has 0 heterocycles. The number of aliphatic hydroxyl groups is 1. The quantitative estimate of drug-likeness (QED) is 0.0160. The van der Waals surface area contributed by atoms with Crippen molar-refractivity contribution < 1.29 is 47.2 Å². The number of phosphoric acid groups is 1. The number of esters is 2. The molecular weight excluding hydrogens is 790 g/mol. The zero-order valence-corrected chi connectivity index (χ0v) is 39.3. The molecule has 0 saturated carbocycles. The predicted molar refractivity (Wildman–Crippen MR) is 251 cm³/mol. The number of carbonyl (C=O) groups is 2. The van der Waals surface area contributed by atoms with Gasteiger partial charge in [0.15, 0.2) is 6.10 Å². The number of unbranched alkanes of at least 4 members (excludes halogenated alkanes) is 6. The predicted octanol–water partition coefficient (Wildman–Crippen LogP) is 11.5. The van der Waals surface area contributed by atoms with Crippen molar-refractivity contribution in [2.24, 2.45) is 0 Å². The number of ether oxygens (including phenoxy) is 2. The van der Waals surface area contributed by atoms with Crippen LogP contribution in [0, 0.1) is 0 Å². The fraction of sp³-hybridized carbons (Fsp3) is 0.600. The van der Waals surface area contributed by atoms with Crippen molar-refractivity contribution in [3.8, 4) is 0 Å². The fourth-order valence-electron chi connectivity index (χ4n) is 5.31. The van der Waals surface area contributed by atoms with Crippen molar-refractivity contribution in [3.63, 3.8) is 0 Å². The van der Waals surface area contributed by atoms with Crippen molar-refractivity contribution in [2.75, 3.05) is 47.5 Å². The molecule has 0 fully saturated rings. The number of likely N-dealkylation sites (N-methyl/N-ethyl adjacent to an activating group) is 1. The molecule has 0 aliphatic carbocycles. The Hall–Kier alpha value is -3.37. The third-order valence-electron chi connectivity index (χ3n) is 8.88. The van der Waals surface area contributed by atoms with Crippen LogP contribution >= 0.6 is 7.82 Å². The number of hydrogen-bond acceptors (Lipinski definition) is 9. The molecule has 10 nitrogen and oxygen atoms in total. The van der Waals surface area contributed by atoms with Crippen LogP contribution in [-0.2, 0) is 32.7 Å². The minimum atomic E-state index is -4.69. The SMILES string of the molecule is CC/C=C\C/C=C\C/C=C\C/C=C\C/C=C\CCCCCC(=O)O[C@H](COC(=O)CCC[C@H](O)/C=C/C=C\C/C=C\C/C=C\CCCCC)COP(=O)([O-])OCC[N+](C)(C)C. The van der Waals surface area contributed by atoms with Gasteiger partial charge in [0.25, 0.3) is 7.82 Å². The largest absolute Gasteiger partial charge is 0.756 e. The Balaban J connectivity index is 4.62. The summed E-state index contributed by atoms with van der Waals surface area (Å²) in [6, 6.07) is 0. The molecule has 0 aromatic heterocycles. The summed E-state index contributed by atoms with van der Waals surface area (Å²) >= 11 is 0. The van der Waals surface area contributed by atoms with Gasteiger partial charge in [-0.3, -0.25) is 14.2 Å². The van der Waals surface area contributed by atoms with E-state index >= 15 is 0 Å². The molecule has 0 saturated heterocycles. The molecule has 0 bridgehead atoms. The van der Waals surface area contributed by atoms with E-state index < -0.39 is 38.6 Å². The Morgan fingerprint density at radius 2 is 1.15 bits per heavy atom. The monoisotopic (exact) mass is 872 g/mol. The molecule has 0 aliphatic heterocycles. The number of aliphatic hydroxyl groups excluding tert-OH is 1. The first-order valence-corrected chi connectivity index (χ1v) is 24.2. The maximum absolute atomic E-state index is 12.7. The Kier molecular flexibility index (Phi) is 38.4. The average molecular weight is 872 g/mol. The minimum absolute atomic E-state index is 0.0339.